The quantitative estimate of drug-likeness (QED) is 0.631. The van der Waals surface area contributed by atoms with Gasteiger partial charge in [-0.15, -0.1) is 0 Å². The van der Waals surface area contributed by atoms with Gasteiger partial charge in [-0.1, -0.05) is 6.92 Å². The number of likely N-dealkylation sites (tertiary alicyclic amines) is 1. The van der Waals surface area contributed by atoms with Crippen molar-refractivity contribution in [1.29, 1.82) is 0 Å². The Morgan fingerprint density at radius 3 is 2.75 bits per heavy atom. The van der Waals surface area contributed by atoms with Crippen LogP contribution in [0.3, 0.4) is 0 Å². The van der Waals surface area contributed by atoms with Crippen molar-refractivity contribution in [3.63, 3.8) is 0 Å². The van der Waals surface area contributed by atoms with E-state index in [1.54, 1.807) is 4.90 Å². The summed E-state index contributed by atoms with van der Waals surface area (Å²) in [4.78, 5) is 24.1. The largest absolute Gasteiger partial charge is 0.333 e. The van der Waals surface area contributed by atoms with E-state index in [2.05, 4.69) is 0 Å². The van der Waals surface area contributed by atoms with Gasteiger partial charge in [0.15, 0.2) is 5.78 Å². The molecule has 1 saturated heterocycles. The van der Waals surface area contributed by atoms with Crippen LogP contribution in [0.15, 0.2) is 0 Å². The van der Waals surface area contributed by atoms with Crippen LogP contribution in [0, 0.1) is 0 Å². The van der Waals surface area contributed by atoms with Crippen LogP contribution in [0.25, 0.3) is 0 Å². The molecule has 0 N–H and O–H groups in total. The lowest BCUT2D eigenvalue weighted by atomic mass is 10.1. The Balaban J connectivity index is 2.57. The maximum Gasteiger partial charge on any atom is 0.223 e. The van der Waals surface area contributed by atoms with E-state index >= 15 is 0 Å². The molecule has 0 aliphatic carbocycles. The summed E-state index contributed by atoms with van der Waals surface area (Å²) in [6.07, 6.45) is 2.03. The van der Waals surface area contributed by atoms with Crippen LogP contribution in [0.1, 0.15) is 33.1 Å². The van der Waals surface area contributed by atoms with Crippen molar-refractivity contribution >= 4 is 11.7 Å². The fourth-order valence-electron chi connectivity index (χ4n) is 1.55. The molecule has 0 aromatic heterocycles. The van der Waals surface area contributed by atoms with Crippen LogP contribution in [0.2, 0.25) is 0 Å². The Bertz CT molecular complexity index is 201. The second kappa shape index (κ2) is 3.70. The third-order valence-electron chi connectivity index (χ3n) is 2.39. The van der Waals surface area contributed by atoms with E-state index in [1.165, 1.54) is 0 Å². The minimum absolute atomic E-state index is 0.129. The molecule has 12 heavy (non-hydrogen) atoms. The first-order valence-corrected chi connectivity index (χ1v) is 4.49. The molecule has 1 heterocycles. The van der Waals surface area contributed by atoms with Gasteiger partial charge in [-0.05, 0) is 13.3 Å². The molecule has 0 saturated carbocycles. The van der Waals surface area contributed by atoms with E-state index < -0.39 is 0 Å². The molecule has 3 nitrogen and oxygen atoms in total. The molecule has 1 fully saturated rings. The number of ketones is 1. The van der Waals surface area contributed by atoms with Gasteiger partial charge in [0.2, 0.25) is 5.91 Å². The highest BCUT2D eigenvalue weighted by atomic mass is 16.2. The summed E-state index contributed by atoms with van der Waals surface area (Å²) in [7, 11) is 0. The molecule has 1 atom stereocenters. The minimum Gasteiger partial charge on any atom is -0.333 e. The molecule has 0 spiro atoms. The molecular weight excluding hydrogens is 154 g/mol. The number of rotatable bonds is 3. The zero-order valence-corrected chi connectivity index (χ0v) is 7.67. The van der Waals surface area contributed by atoms with Gasteiger partial charge >= 0.3 is 0 Å². The summed E-state index contributed by atoms with van der Waals surface area (Å²) in [5.41, 5.74) is 0. The minimum atomic E-state index is -0.204. The average molecular weight is 169 g/mol. The highest BCUT2D eigenvalue weighted by Gasteiger charge is 2.27. The van der Waals surface area contributed by atoms with E-state index in [0.29, 0.717) is 12.8 Å². The number of Topliss-reactive ketones (excluding diaryl/α,β-unsaturated/α-hetero) is 1. The highest BCUT2D eigenvalue weighted by Crippen LogP contribution is 2.14. The number of amides is 1. The lowest BCUT2D eigenvalue weighted by Crippen LogP contribution is -2.39. The van der Waals surface area contributed by atoms with E-state index in [0.717, 1.165) is 13.0 Å². The van der Waals surface area contributed by atoms with Crippen LogP contribution >= 0.6 is 0 Å². The summed E-state index contributed by atoms with van der Waals surface area (Å²) < 4.78 is 0. The SMILES string of the molecule is CCC(=O)C(C)N1CCCC1=O. The van der Waals surface area contributed by atoms with Crippen LogP contribution in [-0.4, -0.2) is 29.2 Å². The number of carbonyl (C=O) groups is 2. The second-order valence-electron chi connectivity index (χ2n) is 3.19. The molecule has 1 unspecified atom stereocenters. The third-order valence-corrected chi connectivity index (χ3v) is 2.39. The zero-order valence-electron chi connectivity index (χ0n) is 7.67. The molecule has 0 aromatic carbocycles. The second-order valence-corrected chi connectivity index (χ2v) is 3.19. The van der Waals surface area contributed by atoms with Crippen molar-refractivity contribution < 1.29 is 9.59 Å². The number of carbonyl (C=O) groups excluding carboxylic acids is 2. The summed E-state index contributed by atoms with van der Waals surface area (Å²) in [6.45, 7) is 4.40. The Morgan fingerprint density at radius 1 is 1.67 bits per heavy atom. The lowest BCUT2D eigenvalue weighted by Gasteiger charge is -2.22. The Hall–Kier alpha value is -0.860. The summed E-state index contributed by atoms with van der Waals surface area (Å²) in [5.74, 6) is 0.287. The fraction of sp³-hybridized carbons (Fsp3) is 0.778. The van der Waals surface area contributed by atoms with Gasteiger partial charge in [-0.3, -0.25) is 9.59 Å². The number of nitrogens with zero attached hydrogens (tertiary/aromatic N) is 1. The number of hydrogen-bond acceptors (Lipinski definition) is 2. The molecule has 1 amide bonds. The van der Waals surface area contributed by atoms with Crippen LogP contribution in [0.4, 0.5) is 0 Å². The summed E-state index contributed by atoms with van der Waals surface area (Å²) in [6, 6.07) is -0.204. The first kappa shape index (κ1) is 9.23. The van der Waals surface area contributed by atoms with Crippen LogP contribution in [0.5, 0.6) is 0 Å². The van der Waals surface area contributed by atoms with Gasteiger partial charge in [0.25, 0.3) is 0 Å². The molecule has 1 aliphatic heterocycles. The highest BCUT2D eigenvalue weighted by molar-refractivity contribution is 5.89. The van der Waals surface area contributed by atoms with E-state index in [4.69, 9.17) is 0 Å². The molecule has 0 aromatic rings. The topological polar surface area (TPSA) is 37.4 Å². The van der Waals surface area contributed by atoms with Crippen molar-refractivity contribution in [2.75, 3.05) is 6.54 Å². The molecule has 0 bridgehead atoms. The first-order valence-electron chi connectivity index (χ1n) is 4.49. The third kappa shape index (κ3) is 1.65. The standard InChI is InChI=1S/C9H15NO2/c1-3-8(11)7(2)10-6-4-5-9(10)12/h7H,3-6H2,1-2H3. The molecule has 1 aliphatic rings. The van der Waals surface area contributed by atoms with E-state index in [9.17, 15) is 9.59 Å². The van der Waals surface area contributed by atoms with Crippen molar-refractivity contribution in [3.05, 3.63) is 0 Å². The van der Waals surface area contributed by atoms with E-state index in [1.807, 2.05) is 13.8 Å². The molecule has 1 rings (SSSR count). The molecule has 68 valence electrons. The lowest BCUT2D eigenvalue weighted by molar-refractivity contribution is -0.135. The van der Waals surface area contributed by atoms with Crippen LogP contribution in [-0.2, 0) is 9.59 Å². The van der Waals surface area contributed by atoms with E-state index in [-0.39, 0.29) is 17.7 Å². The summed E-state index contributed by atoms with van der Waals surface area (Å²) >= 11 is 0. The van der Waals surface area contributed by atoms with Crippen LogP contribution < -0.4 is 0 Å². The Labute approximate surface area is 72.7 Å². The fourth-order valence-corrected chi connectivity index (χ4v) is 1.55. The van der Waals surface area contributed by atoms with Crippen molar-refractivity contribution in [2.24, 2.45) is 0 Å². The van der Waals surface area contributed by atoms with Gasteiger partial charge < -0.3 is 4.90 Å². The summed E-state index contributed by atoms with van der Waals surface area (Å²) in [5, 5.41) is 0. The molecule has 3 heteroatoms. The first-order chi connectivity index (χ1) is 5.66. The normalized spacial score (nSPS) is 19.8. The predicted molar refractivity (Wildman–Crippen MR) is 45.7 cm³/mol. The molecule has 0 radical (unpaired) electrons. The molecular formula is C9H15NO2. The predicted octanol–water partition coefficient (Wildman–Crippen LogP) is 0.976. The van der Waals surface area contributed by atoms with Gasteiger partial charge in [0.1, 0.15) is 0 Å². The Morgan fingerprint density at radius 2 is 2.33 bits per heavy atom. The van der Waals surface area contributed by atoms with Crippen molar-refractivity contribution in [2.45, 2.75) is 39.2 Å². The monoisotopic (exact) mass is 169 g/mol. The maximum atomic E-state index is 11.3. The van der Waals surface area contributed by atoms with Gasteiger partial charge in [0, 0.05) is 19.4 Å². The maximum absolute atomic E-state index is 11.3. The van der Waals surface area contributed by atoms with Gasteiger partial charge in [-0.25, -0.2) is 0 Å². The van der Waals surface area contributed by atoms with Gasteiger partial charge in [0.05, 0.1) is 6.04 Å². The smallest absolute Gasteiger partial charge is 0.223 e. The number of hydrogen-bond donors (Lipinski definition) is 0. The van der Waals surface area contributed by atoms with Crippen molar-refractivity contribution in [3.8, 4) is 0 Å². The van der Waals surface area contributed by atoms with Crippen molar-refractivity contribution in [1.82, 2.24) is 4.90 Å². The van der Waals surface area contributed by atoms with Gasteiger partial charge in [-0.2, -0.15) is 0 Å². The Kier molecular flexibility index (Phi) is 2.84. The zero-order chi connectivity index (χ0) is 9.14. The average Bonchev–Trinajstić information content (AvgIpc) is 2.48.